The Kier molecular flexibility index (Phi) is 4.38. The highest BCUT2D eigenvalue weighted by molar-refractivity contribution is 7.11. The SMILES string of the molecule is Cc1ccc(CC(C)Nc2ccccc2C(F)(F)F)s1. The van der Waals surface area contributed by atoms with E-state index in [1.54, 1.807) is 17.4 Å². The first-order chi connectivity index (χ1) is 9.36. The minimum Gasteiger partial charge on any atom is -0.382 e. The third-order valence-electron chi connectivity index (χ3n) is 2.94. The Bertz CT molecular complexity index is 574. The summed E-state index contributed by atoms with van der Waals surface area (Å²) < 4.78 is 38.7. The maximum atomic E-state index is 12.9. The number of benzene rings is 1. The molecule has 0 aliphatic heterocycles. The molecule has 0 spiro atoms. The number of aryl methyl sites for hydroxylation is 1. The first-order valence-corrected chi connectivity index (χ1v) is 7.16. The van der Waals surface area contributed by atoms with Crippen LogP contribution in [0.4, 0.5) is 18.9 Å². The Hall–Kier alpha value is -1.49. The van der Waals surface area contributed by atoms with Crippen molar-refractivity contribution in [1.29, 1.82) is 0 Å². The van der Waals surface area contributed by atoms with Crippen molar-refractivity contribution in [2.75, 3.05) is 5.32 Å². The molecule has 0 saturated heterocycles. The van der Waals surface area contributed by atoms with Crippen LogP contribution >= 0.6 is 11.3 Å². The van der Waals surface area contributed by atoms with E-state index < -0.39 is 11.7 Å². The van der Waals surface area contributed by atoms with Crippen molar-refractivity contribution in [3.05, 3.63) is 51.7 Å². The van der Waals surface area contributed by atoms with Crippen molar-refractivity contribution < 1.29 is 13.2 Å². The molecule has 20 heavy (non-hydrogen) atoms. The highest BCUT2D eigenvalue weighted by Gasteiger charge is 2.33. The van der Waals surface area contributed by atoms with Crippen molar-refractivity contribution in [3.8, 4) is 0 Å². The van der Waals surface area contributed by atoms with Gasteiger partial charge in [-0.05, 0) is 38.1 Å². The number of alkyl halides is 3. The molecule has 2 aromatic rings. The second-order valence-corrected chi connectivity index (χ2v) is 6.18. The van der Waals surface area contributed by atoms with Gasteiger partial charge in [-0.25, -0.2) is 0 Å². The molecular formula is C15H16F3NS. The fraction of sp³-hybridized carbons (Fsp3) is 0.333. The molecule has 1 heterocycles. The van der Waals surface area contributed by atoms with E-state index in [0.29, 0.717) is 6.42 Å². The van der Waals surface area contributed by atoms with Gasteiger partial charge < -0.3 is 5.32 Å². The van der Waals surface area contributed by atoms with Crippen LogP contribution in [-0.4, -0.2) is 6.04 Å². The van der Waals surface area contributed by atoms with Crippen molar-refractivity contribution in [2.24, 2.45) is 0 Å². The van der Waals surface area contributed by atoms with Crippen LogP contribution < -0.4 is 5.32 Å². The van der Waals surface area contributed by atoms with Crippen LogP contribution in [0.1, 0.15) is 22.2 Å². The van der Waals surface area contributed by atoms with E-state index in [0.717, 1.165) is 6.07 Å². The molecule has 5 heteroatoms. The standard InChI is InChI=1S/C15H16F3NS/c1-10(9-12-8-7-11(2)20-12)19-14-6-4-3-5-13(14)15(16,17)18/h3-8,10,19H,9H2,1-2H3. The van der Waals surface area contributed by atoms with Crippen LogP contribution in [0.5, 0.6) is 0 Å². The molecule has 1 aromatic carbocycles. The number of rotatable bonds is 4. The van der Waals surface area contributed by atoms with Crippen molar-refractivity contribution >= 4 is 17.0 Å². The molecule has 0 radical (unpaired) electrons. The Balaban J connectivity index is 2.10. The Morgan fingerprint density at radius 2 is 1.85 bits per heavy atom. The van der Waals surface area contributed by atoms with Gasteiger partial charge in [0, 0.05) is 27.9 Å². The van der Waals surface area contributed by atoms with Crippen LogP contribution in [0.3, 0.4) is 0 Å². The number of para-hydroxylation sites is 1. The zero-order chi connectivity index (χ0) is 14.8. The largest absolute Gasteiger partial charge is 0.418 e. The first-order valence-electron chi connectivity index (χ1n) is 6.34. The molecule has 1 unspecified atom stereocenters. The number of thiophene rings is 1. The molecule has 2 rings (SSSR count). The number of nitrogens with one attached hydrogen (secondary N) is 1. The smallest absolute Gasteiger partial charge is 0.382 e. The van der Waals surface area contributed by atoms with Gasteiger partial charge in [-0.2, -0.15) is 13.2 Å². The monoisotopic (exact) mass is 299 g/mol. The molecule has 1 atom stereocenters. The summed E-state index contributed by atoms with van der Waals surface area (Å²) in [5, 5.41) is 2.96. The number of anilines is 1. The van der Waals surface area contributed by atoms with Gasteiger partial charge in [0.15, 0.2) is 0 Å². The lowest BCUT2D eigenvalue weighted by atomic mass is 10.1. The number of hydrogen-bond donors (Lipinski definition) is 1. The summed E-state index contributed by atoms with van der Waals surface area (Å²) in [5.41, 5.74) is -0.477. The van der Waals surface area contributed by atoms with E-state index >= 15 is 0 Å². The minimum absolute atomic E-state index is 0.0588. The first kappa shape index (κ1) is 14.9. The normalized spacial score (nSPS) is 13.2. The second-order valence-electron chi connectivity index (χ2n) is 4.81. The zero-order valence-corrected chi connectivity index (χ0v) is 12.1. The quantitative estimate of drug-likeness (QED) is 0.826. The molecular weight excluding hydrogens is 283 g/mol. The second kappa shape index (κ2) is 5.87. The summed E-state index contributed by atoms with van der Waals surface area (Å²) in [7, 11) is 0. The predicted molar refractivity (Wildman–Crippen MR) is 77.3 cm³/mol. The number of hydrogen-bond acceptors (Lipinski definition) is 2. The fourth-order valence-electron chi connectivity index (χ4n) is 2.07. The summed E-state index contributed by atoms with van der Waals surface area (Å²) in [6.07, 6.45) is -3.62. The van der Waals surface area contributed by atoms with E-state index in [1.807, 2.05) is 26.0 Å². The third kappa shape index (κ3) is 3.76. The van der Waals surface area contributed by atoms with Gasteiger partial charge in [-0.1, -0.05) is 12.1 Å². The topological polar surface area (TPSA) is 12.0 Å². The van der Waals surface area contributed by atoms with Crippen molar-refractivity contribution in [1.82, 2.24) is 0 Å². The van der Waals surface area contributed by atoms with Crippen LogP contribution in [0.2, 0.25) is 0 Å². The maximum Gasteiger partial charge on any atom is 0.418 e. The van der Waals surface area contributed by atoms with E-state index in [2.05, 4.69) is 5.32 Å². The van der Waals surface area contributed by atoms with E-state index in [-0.39, 0.29) is 11.7 Å². The molecule has 0 fully saturated rings. The van der Waals surface area contributed by atoms with E-state index in [1.165, 1.54) is 21.9 Å². The highest BCUT2D eigenvalue weighted by atomic mass is 32.1. The maximum absolute atomic E-state index is 12.9. The summed E-state index contributed by atoms with van der Waals surface area (Å²) >= 11 is 1.67. The van der Waals surface area contributed by atoms with Gasteiger partial charge in [-0.3, -0.25) is 0 Å². The Morgan fingerprint density at radius 1 is 1.15 bits per heavy atom. The molecule has 0 aliphatic carbocycles. The van der Waals surface area contributed by atoms with Gasteiger partial charge >= 0.3 is 6.18 Å². The molecule has 108 valence electrons. The molecule has 1 nitrogen and oxygen atoms in total. The zero-order valence-electron chi connectivity index (χ0n) is 11.3. The van der Waals surface area contributed by atoms with Crippen LogP contribution in [0, 0.1) is 6.92 Å². The van der Waals surface area contributed by atoms with Gasteiger partial charge in [0.25, 0.3) is 0 Å². The highest BCUT2D eigenvalue weighted by Crippen LogP contribution is 2.35. The van der Waals surface area contributed by atoms with Crippen LogP contribution in [-0.2, 0) is 12.6 Å². The van der Waals surface area contributed by atoms with Crippen LogP contribution in [0.25, 0.3) is 0 Å². The molecule has 1 aromatic heterocycles. The lowest BCUT2D eigenvalue weighted by Crippen LogP contribution is -2.20. The Morgan fingerprint density at radius 3 is 2.45 bits per heavy atom. The summed E-state index contributed by atoms with van der Waals surface area (Å²) in [5.74, 6) is 0. The molecule has 0 bridgehead atoms. The van der Waals surface area contributed by atoms with Gasteiger partial charge in [0.05, 0.1) is 5.56 Å². The average molecular weight is 299 g/mol. The van der Waals surface area contributed by atoms with E-state index in [4.69, 9.17) is 0 Å². The van der Waals surface area contributed by atoms with Crippen molar-refractivity contribution in [3.63, 3.8) is 0 Å². The van der Waals surface area contributed by atoms with Gasteiger partial charge in [0.1, 0.15) is 0 Å². The van der Waals surface area contributed by atoms with E-state index in [9.17, 15) is 13.2 Å². The lowest BCUT2D eigenvalue weighted by molar-refractivity contribution is -0.137. The summed E-state index contributed by atoms with van der Waals surface area (Å²) in [6, 6.07) is 9.57. The lowest BCUT2D eigenvalue weighted by Gasteiger charge is -2.18. The summed E-state index contributed by atoms with van der Waals surface area (Å²) in [4.78, 5) is 2.38. The Labute approximate surface area is 120 Å². The van der Waals surface area contributed by atoms with Gasteiger partial charge in [0.2, 0.25) is 0 Å². The third-order valence-corrected chi connectivity index (χ3v) is 3.96. The molecule has 0 amide bonds. The molecule has 0 aliphatic rings. The fourth-order valence-corrected chi connectivity index (χ4v) is 3.09. The van der Waals surface area contributed by atoms with Crippen molar-refractivity contribution in [2.45, 2.75) is 32.5 Å². The average Bonchev–Trinajstić information content (AvgIpc) is 2.73. The summed E-state index contributed by atoms with van der Waals surface area (Å²) in [6.45, 7) is 3.91. The minimum atomic E-state index is -4.33. The number of halogens is 3. The predicted octanol–water partition coefficient (Wildman–Crippen LogP) is 5.12. The van der Waals surface area contributed by atoms with Gasteiger partial charge in [-0.15, -0.1) is 11.3 Å². The molecule has 1 N–H and O–H groups in total. The molecule has 0 saturated carbocycles. The van der Waals surface area contributed by atoms with Crippen LogP contribution in [0.15, 0.2) is 36.4 Å².